The van der Waals surface area contributed by atoms with Gasteiger partial charge >= 0.3 is 0 Å². The summed E-state index contributed by atoms with van der Waals surface area (Å²) in [7, 11) is 0. The average molecular weight is 254 g/mol. The molecule has 1 amide bonds. The number of hydrogen-bond acceptors (Lipinski definition) is 2. The lowest BCUT2D eigenvalue weighted by Gasteiger charge is -2.31. The number of carbonyl (C=O) groups is 1. The van der Waals surface area contributed by atoms with Crippen molar-refractivity contribution >= 4 is 5.91 Å². The second-order valence-corrected chi connectivity index (χ2v) is 4.55. The second kappa shape index (κ2) is 5.02. The maximum atomic E-state index is 13.0. The number of halogens is 2. The molecule has 0 saturated carbocycles. The van der Waals surface area contributed by atoms with Crippen LogP contribution in [0.3, 0.4) is 0 Å². The third-order valence-electron chi connectivity index (χ3n) is 3.19. The number of nitrogens with zero attached hydrogens (tertiary/aromatic N) is 1. The Labute approximate surface area is 105 Å². The molecule has 0 unspecified atom stereocenters. The van der Waals surface area contributed by atoms with Gasteiger partial charge in [0.25, 0.3) is 11.8 Å². The fraction of sp³-hybridized carbons (Fsp3) is 0.462. The highest BCUT2D eigenvalue weighted by Gasteiger charge is 2.35. The number of hydrogen-bond donors (Lipinski definition) is 1. The Morgan fingerprint density at radius 2 is 2.00 bits per heavy atom. The smallest absolute Gasteiger partial charge is 0.253 e. The van der Waals surface area contributed by atoms with Crippen LogP contribution in [-0.4, -0.2) is 29.8 Å². The van der Waals surface area contributed by atoms with E-state index in [0.717, 1.165) is 5.56 Å². The first-order valence-corrected chi connectivity index (χ1v) is 5.98. The van der Waals surface area contributed by atoms with Gasteiger partial charge in [0.2, 0.25) is 0 Å². The fourth-order valence-electron chi connectivity index (χ4n) is 2.05. The van der Waals surface area contributed by atoms with E-state index < -0.39 is 5.92 Å². The largest absolute Gasteiger partial charge is 0.338 e. The summed E-state index contributed by atoms with van der Waals surface area (Å²) < 4.78 is 26.0. The maximum Gasteiger partial charge on any atom is 0.253 e. The summed E-state index contributed by atoms with van der Waals surface area (Å²) >= 11 is 0. The number of rotatable bonds is 2. The Morgan fingerprint density at radius 3 is 2.61 bits per heavy atom. The molecule has 3 nitrogen and oxygen atoms in total. The zero-order valence-corrected chi connectivity index (χ0v) is 10.0. The van der Waals surface area contributed by atoms with Crippen molar-refractivity contribution in [3.05, 3.63) is 35.4 Å². The van der Waals surface area contributed by atoms with Crippen molar-refractivity contribution in [2.75, 3.05) is 13.1 Å². The molecule has 0 aliphatic carbocycles. The molecule has 1 aromatic carbocycles. The number of piperidine rings is 1. The van der Waals surface area contributed by atoms with E-state index in [0.29, 0.717) is 12.1 Å². The van der Waals surface area contributed by atoms with E-state index in [1.807, 2.05) is 6.07 Å². The molecule has 18 heavy (non-hydrogen) atoms. The minimum absolute atomic E-state index is 0.110. The number of amides is 1. The van der Waals surface area contributed by atoms with Crippen LogP contribution >= 0.6 is 0 Å². The Bertz CT molecular complexity index is 438. The molecule has 1 saturated heterocycles. The standard InChI is InChI=1S/C13H16F2N2O/c14-13(15)4-6-17(7-5-13)12(18)11-3-1-2-10(8-11)9-16/h1-3,8H,4-7,9,16H2. The van der Waals surface area contributed by atoms with Gasteiger partial charge in [0.15, 0.2) is 0 Å². The monoisotopic (exact) mass is 254 g/mol. The highest BCUT2D eigenvalue weighted by molar-refractivity contribution is 5.94. The zero-order chi connectivity index (χ0) is 13.2. The van der Waals surface area contributed by atoms with Crippen molar-refractivity contribution in [3.8, 4) is 0 Å². The minimum Gasteiger partial charge on any atom is -0.338 e. The SMILES string of the molecule is NCc1cccc(C(=O)N2CCC(F)(F)CC2)c1. The van der Waals surface area contributed by atoms with Gasteiger partial charge in [-0.3, -0.25) is 4.79 Å². The van der Waals surface area contributed by atoms with Gasteiger partial charge in [-0.15, -0.1) is 0 Å². The van der Waals surface area contributed by atoms with Crippen molar-refractivity contribution in [1.82, 2.24) is 4.90 Å². The number of alkyl halides is 2. The second-order valence-electron chi connectivity index (χ2n) is 4.55. The zero-order valence-electron chi connectivity index (χ0n) is 10.0. The molecular weight excluding hydrogens is 238 g/mol. The Hall–Kier alpha value is -1.49. The lowest BCUT2D eigenvalue weighted by Crippen LogP contribution is -2.42. The lowest BCUT2D eigenvalue weighted by atomic mass is 10.0. The van der Waals surface area contributed by atoms with Crippen LogP contribution in [0.4, 0.5) is 8.78 Å². The molecular formula is C13H16F2N2O. The summed E-state index contributed by atoms with van der Waals surface area (Å²) in [4.78, 5) is 13.6. The molecule has 1 aromatic rings. The minimum atomic E-state index is -2.63. The third-order valence-corrected chi connectivity index (χ3v) is 3.19. The van der Waals surface area contributed by atoms with E-state index in [9.17, 15) is 13.6 Å². The van der Waals surface area contributed by atoms with Crippen molar-refractivity contribution in [2.45, 2.75) is 25.3 Å². The molecule has 2 N–H and O–H groups in total. The highest BCUT2D eigenvalue weighted by atomic mass is 19.3. The van der Waals surface area contributed by atoms with Crippen LogP contribution in [0.15, 0.2) is 24.3 Å². The van der Waals surface area contributed by atoms with E-state index >= 15 is 0 Å². The third kappa shape index (κ3) is 2.85. The quantitative estimate of drug-likeness (QED) is 0.877. The van der Waals surface area contributed by atoms with Crippen LogP contribution in [0, 0.1) is 0 Å². The Morgan fingerprint density at radius 1 is 1.33 bits per heavy atom. The van der Waals surface area contributed by atoms with Crippen LogP contribution in [0.1, 0.15) is 28.8 Å². The van der Waals surface area contributed by atoms with Crippen LogP contribution in [0.5, 0.6) is 0 Å². The number of nitrogens with two attached hydrogens (primary N) is 1. The predicted octanol–water partition coefficient (Wildman–Crippen LogP) is 2.02. The van der Waals surface area contributed by atoms with E-state index in [1.54, 1.807) is 18.2 Å². The van der Waals surface area contributed by atoms with Gasteiger partial charge in [-0.2, -0.15) is 0 Å². The summed E-state index contributed by atoms with van der Waals surface area (Å²) in [6.07, 6.45) is -0.509. The van der Waals surface area contributed by atoms with Gasteiger partial charge in [0.05, 0.1) is 0 Å². The summed E-state index contributed by atoms with van der Waals surface area (Å²) in [6, 6.07) is 7.00. The summed E-state index contributed by atoms with van der Waals surface area (Å²) in [5.41, 5.74) is 6.89. The van der Waals surface area contributed by atoms with Gasteiger partial charge in [0.1, 0.15) is 0 Å². The Balaban J connectivity index is 2.07. The van der Waals surface area contributed by atoms with E-state index in [2.05, 4.69) is 0 Å². The molecule has 1 aliphatic heterocycles. The van der Waals surface area contributed by atoms with E-state index in [4.69, 9.17) is 5.73 Å². The number of benzene rings is 1. The average Bonchev–Trinajstić information content (AvgIpc) is 2.38. The van der Waals surface area contributed by atoms with E-state index in [1.165, 1.54) is 4.90 Å². The Kier molecular flexibility index (Phi) is 3.61. The van der Waals surface area contributed by atoms with Crippen molar-refractivity contribution in [2.24, 2.45) is 5.73 Å². The molecule has 0 aromatic heterocycles. The first-order chi connectivity index (χ1) is 8.52. The van der Waals surface area contributed by atoms with Gasteiger partial charge in [-0.25, -0.2) is 8.78 Å². The van der Waals surface area contributed by atoms with Crippen molar-refractivity contribution in [3.63, 3.8) is 0 Å². The maximum absolute atomic E-state index is 13.0. The predicted molar refractivity (Wildman–Crippen MR) is 64.4 cm³/mol. The van der Waals surface area contributed by atoms with Gasteiger partial charge < -0.3 is 10.6 Å². The molecule has 0 atom stereocenters. The van der Waals surface area contributed by atoms with Gasteiger partial charge in [-0.1, -0.05) is 12.1 Å². The van der Waals surface area contributed by atoms with Crippen LogP contribution in [0.25, 0.3) is 0 Å². The lowest BCUT2D eigenvalue weighted by molar-refractivity contribution is -0.0494. The highest BCUT2D eigenvalue weighted by Crippen LogP contribution is 2.28. The molecule has 1 aliphatic rings. The molecule has 5 heteroatoms. The molecule has 0 bridgehead atoms. The van der Waals surface area contributed by atoms with Crippen LogP contribution in [-0.2, 0) is 6.54 Å². The van der Waals surface area contributed by atoms with E-state index in [-0.39, 0.29) is 31.8 Å². The normalized spacial score (nSPS) is 18.7. The molecule has 0 radical (unpaired) electrons. The van der Waals surface area contributed by atoms with Crippen molar-refractivity contribution in [1.29, 1.82) is 0 Å². The molecule has 98 valence electrons. The summed E-state index contributed by atoms with van der Waals surface area (Å²) in [5, 5.41) is 0. The fourth-order valence-corrected chi connectivity index (χ4v) is 2.05. The molecule has 1 heterocycles. The molecule has 1 fully saturated rings. The first-order valence-electron chi connectivity index (χ1n) is 5.98. The topological polar surface area (TPSA) is 46.3 Å². The summed E-state index contributed by atoms with van der Waals surface area (Å²) in [6.45, 7) is 0.580. The van der Waals surface area contributed by atoms with Crippen LogP contribution in [0.2, 0.25) is 0 Å². The van der Waals surface area contributed by atoms with Crippen LogP contribution < -0.4 is 5.73 Å². The van der Waals surface area contributed by atoms with Gasteiger partial charge in [-0.05, 0) is 17.7 Å². The van der Waals surface area contributed by atoms with Crippen molar-refractivity contribution < 1.29 is 13.6 Å². The summed E-state index contributed by atoms with van der Waals surface area (Å²) in [5.74, 6) is -2.82. The first kappa shape index (κ1) is 13.0. The molecule has 0 spiro atoms. The number of carbonyl (C=O) groups excluding carboxylic acids is 1. The van der Waals surface area contributed by atoms with Gasteiger partial charge in [0, 0.05) is 38.0 Å². The number of likely N-dealkylation sites (tertiary alicyclic amines) is 1. The molecule has 2 rings (SSSR count).